The number of halogens is 2. The molecule has 0 radical (unpaired) electrons. The Balaban J connectivity index is 2.21. The zero-order chi connectivity index (χ0) is 15.7. The molecule has 2 heterocycles. The first-order valence-electron chi connectivity index (χ1n) is 6.51. The summed E-state index contributed by atoms with van der Waals surface area (Å²) in [5.41, 5.74) is 1.98. The summed E-state index contributed by atoms with van der Waals surface area (Å²) in [5, 5.41) is 9.15. The third kappa shape index (κ3) is 3.13. The Kier molecular flexibility index (Phi) is 4.73. The number of aryl methyl sites for hydroxylation is 3. The summed E-state index contributed by atoms with van der Waals surface area (Å²) in [5.74, 6) is -0.132. The lowest BCUT2D eigenvalue weighted by Crippen LogP contribution is -2.28. The predicted molar refractivity (Wildman–Crippen MR) is 84.4 cm³/mol. The van der Waals surface area contributed by atoms with E-state index < -0.39 is 0 Å². The Hall–Kier alpha value is -1.34. The van der Waals surface area contributed by atoms with Crippen molar-refractivity contribution in [2.24, 2.45) is 7.05 Å². The topological polar surface area (TPSA) is 56.0 Å². The molecule has 0 aliphatic heterocycles. The van der Waals surface area contributed by atoms with Gasteiger partial charge < -0.3 is 4.90 Å². The fourth-order valence-corrected chi connectivity index (χ4v) is 2.76. The van der Waals surface area contributed by atoms with E-state index in [9.17, 15) is 4.79 Å². The Morgan fingerprint density at radius 2 is 2.14 bits per heavy atom. The van der Waals surface area contributed by atoms with Crippen LogP contribution in [0.25, 0.3) is 0 Å². The quantitative estimate of drug-likeness (QED) is 0.826. The first kappa shape index (κ1) is 16.0. The third-order valence-electron chi connectivity index (χ3n) is 3.20. The molecule has 0 aliphatic carbocycles. The molecular formula is C13H17BrClN5O. The number of carbonyl (C=O) groups excluding carboxylic acids is 1. The van der Waals surface area contributed by atoms with Crippen LogP contribution in [0.4, 0.5) is 0 Å². The minimum Gasteiger partial charge on any atom is -0.334 e. The molecule has 2 aromatic rings. The molecule has 8 heteroatoms. The maximum absolute atomic E-state index is 12.5. The molecule has 0 aliphatic rings. The van der Waals surface area contributed by atoms with Crippen molar-refractivity contribution < 1.29 is 4.79 Å². The van der Waals surface area contributed by atoms with Gasteiger partial charge >= 0.3 is 0 Å². The fourth-order valence-electron chi connectivity index (χ4n) is 2.05. The number of aromatic nitrogens is 4. The highest BCUT2D eigenvalue weighted by Gasteiger charge is 2.22. The van der Waals surface area contributed by atoms with Crippen molar-refractivity contribution in [1.82, 2.24) is 24.5 Å². The van der Waals surface area contributed by atoms with Crippen molar-refractivity contribution in [3.8, 4) is 0 Å². The lowest BCUT2D eigenvalue weighted by molar-refractivity contribution is 0.0771. The van der Waals surface area contributed by atoms with Gasteiger partial charge in [0.1, 0.15) is 11.4 Å². The summed E-state index contributed by atoms with van der Waals surface area (Å²) in [4.78, 5) is 14.1. The molecule has 0 spiro atoms. The number of carbonyl (C=O) groups is 1. The average Bonchev–Trinajstić information content (AvgIpc) is 2.90. The summed E-state index contributed by atoms with van der Waals surface area (Å²) in [7, 11) is 3.47. The second-order valence-electron chi connectivity index (χ2n) is 4.81. The molecule has 21 heavy (non-hydrogen) atoms. The van der Waals surface area contributed by atoms with Crippen LogP contribution in [-0.2, 0) is 20.1 Å². The van der Waals surface area contributed by atoms with E-state index in [0.717, 1.165) is 12.2 Å². The SMILES string of the molecule is CCn1cc(Cl)c(CN(C)C(=O)c2c(Br)c(C)nn2C)n1. The summed E-state index contributed by atoms with van der Waals surface area (Å²) in [6, 6.07) is 0. The second-order valence-corrected chi connectivity index (χ2v) is 6.01. The van der Waals surface area contributed by atoms with Crippen LogP contribution in [0.2, 0.25) is 5.02 Å². The molecule has 0 saturated heterocycles. The minimum atomic E-state index is -0.132. The highest BCUT2D eigenvalue weighted by atomic mass is 79.9. The Bertz CT molecular complexity index is 678. The van der Waals surface area contributed by atoms with Crippen molar-refractivity contribution in [2.45, 2.75) is 26.9 Å². The summed E-state index contributed by atoms with van der Waals surface area (Å²) in [6.07, 6.45) is 1.76. The Morgan fingerprint density at radius 1 is 1.48 bits per heavy atom. The van der Waals surface area contributed by atoms with Crippen molar-refractivity contribution in [3.05, 3.63) is 32.8 Å². The highest BCUT2D eigenvalue weighted by molar-refractivity contribution is 9.10. The molecule has 0 atom stereocenters. The number of hydrogen-bond acceptors (Lipinski definition) is 3. The summed E-state index contributed by atoms with van der Waals surface area (Å²) in [6.45, 7) is 4.92. The molecule has 1 amide bonds. The first-order chi connectivity index (χ1) is 9.85. The van der Waals surface area contributed by atoms with Gasteiger partial charge in [-0.05, 0) is 29.8 Å². The zero-order valence-corrected chi connectivity index (χ0v) is 14.7. The summed E-state index contributed by atoms with van der Waals surface area (Å²) >= 11 is 9.55. The lowest BCUT2D eigenvalue weighted by Gasteiger charge is -2.16. The molecule has 0 saturated carbocycles. The molecule has 2 aromatic heterocycles. The standard InChI is InChI=1S/C13H17BrClN5O/c1-5-20-6-9(15)10(17-20)7-18(3)13(21)12-11(14)8(2)16-19(12)4/h6H,5,7H2,1-4H3. The van der Waals surface area contributed by atoms with Gasteiger partial charge in [0.2, 0.25) is 0 Å². The number of amides is 1. The van der Waals surface area contributed by atoms with E-state index in [2.05, 4.69) is 26.1 Å². The Morgan fingerprint density at radius 3 is 2.62 bits per heavy atom. The van der Waals surface area contributed by atoms with E-state index in [1.54, 1.807) is 34.6 Å². The van der Waals surface area contributed by atoms with Crippen LogP contribution in [0.3, 0.4) is 0 Å². The zero-order valence-electron chi connectivity index (χ0n) is 12.4. The van der Waals surface area contributed by atoms with Crippen LogP contribution in [0.1, 0.15) is 28.8 Å². The van der Waals surface area contributed by atoms with Crippen molar-refractivity contribution in [1.29, 1.82) is 0 Å². The van der Waals surface area contributed by atoms with Crippen LogP contribution in [0.5, 0.6) is 0 Å². The largest absolute Gasteiger partial charge is 0.334 e. The van der Waals surface area contributed by atoms with Gasteiger partial charge in [-0.3, -0.25) is 14.2 Å². The minimum absolute atomic E-state index is 0.132. The molecule has 0 aromatic carbocycles. The van der Waals surface area contributed by atoms with Crippen molar-refractivity contribution >= 4 is 33.4 Å². The van der Waals surface area contributed by atoms with E-state index in [4.69, 9.17) is 11.6 Å². The molecule has 6 nitrogen and oxygen atoms in total. The highest BCUT2D eigenvalue weighted by Crippen LogP contribution is 2.22. The Labute approximate surface area is 136 Å². The number of hydrogen-bond donors (Lipinski definition) is 0. The summed E-state index contributed by atoms with van der Waals surface area (Å²) < 4.78 is 4.04. The normalized spacial score (nSPS) is 11.0. The molecule has 2 rings (SSSR count). The van der Waals surface area contributed by atoms with E-state index in [-0.39, 0.29) is 5.91 Å². The third-order valence-corrected chi connectivity index (χ3v) is 4.46. The van der Waals surface area contributed by atoms with Crippen LogP contribution < -0.4 is 0 Å². The molecule has 0 fully saturated rings. The van der Waals surface area contributed by atoms with E-state index in [0.29, 0.717) is 27.4 Å². The fraction of sp³-hybridized carbons (Fsp3) is 0.462. The molecular weight excluding hydrogens is 358 g/mol. The second kappa shape index (κ2) is 6.19. The van der Waals surface area contributed by atoms with Gasteiger partial charge in [0.15, 0.2) is 0 Å². The van der Waals surface area contributed by atoms with Gasteiger partial charge in [-0.15, -0.1) is 0 Å². The van der Waals surface area contributed by atoms with Crippen LogP contribution >= 0.6 is 27.5 Å². The predicted octanol–water partition coefficient (Wildman–Crippen LogP) is 2.63. The van der Waals surface area contributed by atoms with Crippen LogP contribution in [0.15, 0.2) is 10.7 Å². The van der Waals surface area contributed by atoms with Gasteiger partial charge in [0.25, 0.3) is 5.91 Å². The van der Waals surface area contributed by atoms with Crippen molar-refractivity contribution in [3.63, 3.8) is 0 Å². The van der Waals surface area contributed by atoms with Gasteiger partial charge in [-0.25, -0.2) is 0 Å². The number of nitrogens with zero attached hydrogens (tertiary/aromatic N) is 5. The molecule has 114 valence electrons. The van der Waals surface area contributed by atoms with Gasteiger partial charge in [0, 0.05) is 26.8 Å². The van der Waals surface area contributed by atoms with Crippen LogP contribution in [-0.4, -0.2) is 37.4 Å². The molecule has 0 N–H and O–H groups in total. The smallest absolute Gasteiger partial charge is 0.273 e. The van der Waals surface area contributed by atoms with E-state index >= 15 is 0 Å². The monoisotopic (exact) mass is 373 g/mol. The van der Waals surface area contributed by atoms with E-state index in [1.165, 1.54) is 0 Å². The van der Waals surface area contributed by atoms with Crippen LogP contribution in [0, 0.1) is 6.92 Å². The lowest BCUT2D eigenvalue weighted by atomic mass is 10.3. The number of rotatable bonds is 4. The molecule has 0 unspecified atom stereocenters. The maximum atomic E-state index is 12.5. The maximum Gasteiger partial charge on any atom is 0.273 e. The van der Waals surface area contributed by atoms with Gasteiger partial charge in [-0.2, -0.15) is 10.2 Å². The van der Waals surface area contributed by atoms with E-state index in [1.807, 2.05) is 13.8 Å². The van der Waals surface area contributed by atoms with Gasteiger partial charge in [0.05, 0.1) is 21.7 Å². The van der Waals surface area contributed by atoms with Crippen molar-refractivity contribution in [2.75, 3.05) is 7.05 Å². The average molecular weight is 375 g/mol. The first-order valence-corrected chi connectivity index (χ1v) is 7.68. The van der Waals surface area contributed by atoms with Gasteiger partial charge in [-0.1, -0.05) is 11.6 Å². The molecule has 0 bridgehead atoms.